The van der Waals surface area contributed by atoms with Gasteiger partial charge < -0.3 is 70.4 Å². The number of halogens is 1. The average Bonchev–Trinajstić information content (AvgIpc) is 1.59. The Morgan fingerprint density at radius 1 is 0.978 bits per heavy atom. The minimum absolute atomic E-state index is 0.0248. The van der Waals surface area contributed by atoms with E-state index in [-0.39, 0.29) is 88.5 Å². The molecule has 2 aromatic rings. The standard InChI is InChI=1S/C61H84ClN9O19S/c1-33(2)52(67-47(72)19-12-13-20-50(75)90-71-48(73)23-24-49(71)74)55(77)66-40(17-15-26-64-58(63)80)54(76)65-39-22-21-38(31-44(39)91(11,83)84)56(78)70(8)36(5)57(79)88-45-25-27-69(7)41-29-37(30-42(85-9)51(41)62)28-34(3)16-14-18-46(86-10)61(82)32-43(87-59(81)68-61)35(4)53-60(45,6)89-53/h14,16,18,21-22,29-31,33,35-36,40,43,45-46,52-53,82H,12-13,15,17,19-20,23-28,32H2,1-11H3,(H,65,76)(H,66,77)(H,67,72)(H,68,81)(H3,63,64,80)/b18-14+,34-16+/t35-,36+,40+,43+,45+,46-,52+,53+,60+,61+/m1/s1. The van der Waals surface area contributed by atoms with Gasteiger partial charge in [-0.2, -0.15) is 0 Å². The summed E-state index contributed by atoms with van der Waals surface area (Å²) in [5.41, 5.74) is 4.02. The van der Waals surface area contributed by atoms with Crippen LogP contribution in [0.4, 0.5) is 21.0 Å². The number of unbranched alkanes of at least 4 members (excludes halogenated alkanes) is 1. The van der Waals surface area contributed by atoms with Gasteiger partial charge in [0.15, 0.2) is 15.6 Å². The van der Waals surface area contributed by atoms with Gasteiger partial charge in [0.25, 0.3) is 17.7 Å². The van der Waals surface area contributed by atoms with Gasteiger partial charge >= 0.3 is 24.1 Å². The Morgan fingerprint density at radius 2 is 1.66 bits per heavy atom. The number of sulfone groups is 1. The van der Waals surface area contributed by atoms with Crippen molar-refractivity contribution in [2.75, 3.05) is 57.9 Å². The maximum atomic E-state index is 14.5. The molecule has 0 spiro atoms. The minimum atomic E-state index is -4.27. The van der Waals surface area contributed by atoms with E-state index in [1.807, 2.05) is 37.1 Å². The second kappa shape index (κ2) is 31.0. The number of nitrogens with two attached hydrogens (primary N) is 1. The number of rotatable bonds is 23. The van der Waals surface area contributed by atoms with E-state index in [1.54, 1.807) is 39.8 Å². The van der Waals surface area contributed by atoms with Crippen LogP contribution in [0.1, 0.15) is 122 Å². The minimum Gasteiger partial charge on any atom is -0.495 e. The number of likely N-dealkylation sites (N-methyl/N-ethyl adjacent to an activating group) is 1. The molecular formula is C61H84ClN9O19S. The topological polar surface area (TPSA) is 380 Å². The number of nitrogens with zero attached hydrogens (tertiary/aromatic N) is 3. The fraction of sp³-hybridized carbons (Fsp3) is 0.574. The molecular weight excluding hydrogens is 1230 g/mol. The fourth-order valence-electron chi connectivity index (χ4n) is 11.0. The van der Waals surface area contributed by atoms with Crippen molar-refractivity contribution >= 4 is 92.3 Å². The van der Waals surface area contributed by atoms with E-state index in [0.717, 1.165) is 28.4 Å². The molecule has 500 valence electrons. The fourth-order valence-corrected chi connectivity index (χ4v) is 12.2. The van der Waals surface area contributed by atoms with Crippen molar-refractivity contribution in [3.8, 4) is 5.75 Å². The lowest BCUT2D eigenvalue weighted by atomic mass is 9.83. The highest BCUT2D eigenvalue weighted by molar-refractivity contribution is 7.90. The number of epoxide rings is 1. The summed E-state index contributed by atoms with van der Waals surface area (Å²) >= 11 is 6.93. The number of carbonyl (C=O) groups is 10. The van der Waals surface area contributed by atoms with Crippen LogP contribution >= 0.6 is 11.6 Å². The lowest BCUT2D eigenvalue weighted by Gasteiger charge is -2.42. The largest absolute Gasteiger partial charge is 0.495 e. The number of fused-ring (bicyclic) bond motifs is 5. The molecule has 0 radical (unpaired) electrons. The molecule has 0 aromatic heterocycles. The van der Waals surface area contributed by atoms with Crippen LogP contribution < -0.4 is 42.0 Å². The highest BCUT2D eigenvalue weighted by Gasteiger charge is 2.64. The third-order valence-corrected chi connectivity index (χ3v) is 18.0. The van der Waals surface area contributed by atoms with Crippen molar-refractivity contribution in [3.05, 3.63) is 70.3 Å². The molecule has 4 aliphatic heterocycles. The number of esters is 1. The van der Waals surface area contributed by atoms with Crippen molar-refractivity contribution in [2.24, 2.45) is 17.6 Å². The number of alkyl carbamates (subject to hydrolysis) is 1. The predicted octanol–water partition coefficient (Wildman–Crippen LogP) is 3.89. The summed E-state index contributed by atoms with van der Waals surface area (Å²) in [6.07, 6.45) is 1.79. The second-order valence-electron chi connectivity index (χ2n) is 23.9. The Bertz CT molecular complexity index is 3280. The summed E-state index contributed by atoms with van der Waals surface area (Å²) in [6, 6.07) is 2.39. The Hall–Kier alpha value is -7.86. The van der Waals surface area contributed by atoms with Gasteiger partial charge in [0.05, 0.1) is 29.5 Å². The summed E-state index contributed by atoms with van der Waals surface area (Å²) in [5.74, 6) is -6.79. The molecule has 3 fully saturated rings. The molecule has 4 heterocycles. The number of primary amides is 1. The quantitative estimate of drug-likeness (QED) is 0.0359. The van der Waals surface area contributed by atoms with E-state index in [0.29, 0.717) is 27.9 Å². The number of carbonyl (C=O) groups excluding carboxylic acids is 10. The van der Waals surface area contributed by atoms with Gasteiger partial charge in [0.2, 0.25) is 17.7 Å². The molecule has 4 bridgehead atoms. The second-order valence-corrected chi connectivity index (χ2v) is 26.2. The van der Waals surface area contributed by atoms with Crippen LogP contribution in [-0.4, -0.2) is 185 Å². The van der Waals surface area contributed by atoms with Gasteiger partial charge in [-0.15, -0.1) is 5.06 Å². The number of aliphatic hydroxyl groups is 1. The SMILES string of the molecule is COc1cc2cc(c1Cl)N(C)CC[C@H](OC(=O)[C@H](C)N(C)C(=O)c1ccc(NC(=O)[C@H](CCCNC(N)=O)NC(=O)[C@@H](NC(=O)CCCCC(=O)ON3C(=O)CCC3=O)C(C)C)c(S(C)(=O)=O)c1)[C@]1(C)O[C@H]1[C@H](C)[C@@H]1C[C@@](O)(NC(=O)O1)[C@H](OC)/C=C/C=C(\C)C2. The number of hydroxylamine groups is 2. The molecule has 91 heavy (non-hydrogen) atoms. The Morgan fingerprint density at radius 3 is 2.30 bits per heavy atom. The zero-order chi connectivity index (χ0) is 67.4. The Kier molecular flexibility index (Phi) is 24.6. The number of imide groups is 1. The number of nitrogens with one attached hydrogen (secondary N) is 5. The monoisotopic (exact) mass is 1310 g/mol. The van der Waals surface area contributed by atoms with Gasteiger partial charge in [-0.3, -0.25) is 34.1 Å². The molecule has 2 aromatic carbocycles. The summed E-state index contributed by atoms with van der Waals surface area (Å²) in [7, 11) is 1.77. The summed E-state index contributed by atoms with van der Waals surface area (Å²) in [4.78, 5) is 138. The van der Waals surface area contributed by atoms with Crippen molar-refractivity contribution in [1.29, 1.82) is 0 Å². The number of benzene rings is 2. The predicted molar refractivity (Wildman–Crippen MR) is 329 cm³/mol. The lowest BCUT2D eigenvalue weighted by molar-refractivity contribution is -0.197. The Balaban J connectivity index is 1.18. The zero-order valence-corrected chi connectivity index (χ0v) is 54.6. The van der Waals surface area contributed by atoms with Crippen molar-refractivity contribution in [2.45, 2.75) is 171 Å². The molecule has 30 heteroatoms. The van der Waals surface area contributed by atoms with E-state index in [9.17, 15) is 61.5 Å². The molecule has 4 aliphatic rings. The first-order valence-corrected chi connectivity index (χ1v) is 32.1. The lowest BCUT2D eigenvalue weighted by Crippen LogP contribution is -2.63. The van der Waals surface area contributed by atoms with Crippen molar-refractivity contribution in [3.63, 3.8) is 0 Å². The summed E-state index contributed by atoms with van der Waals surface area (Å²) in [5, 5.41) is 25.4. The zero-order valence-electron chi connectivity index (χ0n) is 53.0. The van der Waals surface area contributed by atoms with Crippen molar-refractivity contribution in [1.82, 2.24) is 31.2 Å². The van der Waals surface area contributed by atoms with Gasteiger partial charge in [-0.1, -0.05) is 56.2 Å². The maximum Gasteiger partial charge on any atom is 0.409 e. The van der Waals surface area contributed by atoms with Crippen molar-refractivity contribution < 1.29 is 90.0 Å². The molecule has 3 saturated heterocycles. The van der Waals surface area contributed by atoms with Crippen LogP contribution in [0.5, 0.6) is 5.75 Å². The van der Waals surface area contributed by atoms with Crippen LogP contribution in [0.2, 0.25) is 5.02 Å². The molecule has 8 N–H and O–H groups in total. The maximum absolute atomic E-state index is 14.5. The van der Waals surface area contributed by atoms with Crippen LogP contribution in [0, 0.1) is 11.8 Å². The first kappa shape index (κ1) is 72.2. The van der Waals surface area contributed by atoms with E-state index >= 15 is 0 Å². The number of urea groups is 1. The number of allylic oxidation sites excluding steroid dienone is 3. The van der Waals surface area contributed by atoms with E-state index < -0.39 is 140 Å². The normalized spacial score (nSPS) is 24.6. The third kappa shape index (κ3) is 18.7. The third-order valence-electron chi connectivity index (χ3n) is 16.5. The van der Waals surface area contributed by atoms with Crippen LogP contribution in [0.3, 0.4) is 0 Å². The molecule has 0 saturated carbocycles. The number of anilines is 2. The average molecular weight is 1310 g/mol. The molecule has 0 unspecified atom stereocenters. The van der Waals surface area contributed by atoms with Gasteiger partial charge in [-0.25, -0.2) is 27.6 Å². The van der Waals surface area contributed by atoms with E-state index in [1.165, 1.54) is 40.3 Å². The highest BCUT2D eigenvalue weighted by atomic mass is 35.5. The molecule has 10 atom stereocenters. The van der Waals surface area contributed by atoms with Gasteiger partial charge in [0.1, 0.15) is 52.8 Å². The number of hydrogen-bond acceptors (Lipinski definition) is 20. The van der Waals surface area contributed by atoms with Gasteiger partial charge in [0, 0.05) is 90.6 Å². The number of amides is 9. The van der Waals surface area contributed by atoms with Crippen LogP contribution in [0.15, 0.2) is 59.0 Å². The highest BCUT2D eigenvalue weighted by Crippen LogP contribution is 2.49. The van der Waals surface area contributed by atoms with Gasteiger partial charge in [-0.05, 0) is 94.7 Å². The summed E-state index contributed by atoms with van der Waals surface area (Å²) < 4.78 is 56.9. The van der Waals surface area contributed by atoms with Crippen LogP contribution in [-0.2, 0) is 73.6 Å². The molecule has 6 rings (SSSR count). The number of hydrogen-bond donors (Lipinski definition) is 7. The first-order valence-electron chi connectivity index (χ1n) is 29.9. The van der Waals surface area contributed by atoms with E-state index in [4.69, 9.17) is 45.9 Å². The number of ether oxygens (including phenoxy) is 5. The molecule has 0 aliphatic carbocycles. The van der Waals surface area contributed by atoms with Crippen LogP contribution in [0.25, 0.3) is 0 Å². The summed E-state index contributed by atoms with van der Waals surface area (Å²) in [6.45, 7) is 10.4. The smallest absolute Gasteiger partial charge is 0.409 e. The molecule has 9 amide bonds. The Labute approximate surface area is 533 Å². The first-order chi connectivity index (χ1) is 42.7. The number of methoxy groups -OCH3 is 2. The van der Waals surface area contributed by atoms with E-state index in [2.05, 4.69) is 26.6 Å². The molecule has 28 nitrogen and oxygen atoms in total.